The third-order valence-corrected chi connectivity index (χ3v) is 3.98. The van der Waals surface area contributed by atoms with E-state index in [1.54, 1.807) is 0 Å². The zero-order valence-corrected chi connectivity index (χ0v) is 12.4. The van der Waals surface area contributed by atoms with Gasteiger partial charge in [-0.05, 0) is 48.8 Å². The van der Waals surface area contributed by atoms with Crippen molar-refractivity contribution in [1.82, 2.24) is 4.90 Å². The second-order valence-corrected chi connectivity index (χ2v) is 6.17. The summed E-state index contributed by atoms with van der Waals surface area (Å²) in [4.78, 5) is 14.3. The quantitative estimate of drug-likeness (QED) is 0.797. The molecular weight excluding hydrogens is 253 g/mol. The Morgan fingerprint density at radius 3 is 2.35 bits per heavy atom. The molecule has 1 amide bonds. The molecule has 2 rings (SSSR count). The van der Waals surface area contributed by atoms with Crippen molar-refractivity contribution in [1.29, 1.82) is 0 Å². The second-order valence-electron chi connectivity index (χ2n) is 6.17. The van der Waals surface area contributed by atoms with Gasteiger partial charge in [0.2, 0.25) is 5.91 Å². The molecule has 2 nitrogen and oxygen atoms in total. The second kappa shape index (κ2) is 6.87. The normalized spacial score (nSPS) is 16.7. The van der Waals surface area contributed by atoms with Crippen molar-refractivity contribution in [2.45, 2.75) is 45.4 Å². The number of hydrogen-bond donors (Lipinski definition) is 0. The molecule has 1 aromatic carbocycles. The van der Waals surface area contributed by atoms with E-state index in [4.69, 9.17) is 0 Å². The van der Waals surface area contributed by atoms with Crippen molar-refractivity contribution in [2.24, 2.45) is 5.92 Å². The van der Waals surface area contributed by atoms with Crippen molar-refractivity contribution >= 4 is 5.91 Å². The lowest BCUT2D eigenvalue weighted by Gasteiger charge is -2.22. The summed E-state index contributed by atoms with van der Waals surface area (Å²) in [6.45, 7) is 6.13. The van der Waals surface area contributed by atoms with Crippen LogP contribution in [0.2, 0.25) is 0 Å². The van der Waals surface area contributed by atoms with Gasteiger partial charge in [-0.1, -0.05) is 26.0 Å². The number of halogens is 1. The first-order valence-corrected chi connectivity index (χ1v) is 7.59. The monoisotopic (exact) mass is 277 g/mol. The van der Waals surface area contributed by atoms with Gasteiger partial charge in [-0.25, -0.2) is 4.39 Å². The Kier molecular flexibility index (Phi) is 5.16. The number of carbonyl (C=O) groups is 1. The molecule has 0 N–H and O–H groups in total. The molecular formula is C17H24FNO. The van der Waals surface area contributed by atoms with E-state index in [2.05, 4.69) is 13.8 Å². The molecule has 1 fully saturated rings. The fourth-order valence-corrected chi connectivity index (χ4v) is 2.95. The summed E-state index contributed by atoms with van der Waals surface area (Å²) in [6.07, 6.45) is 3.75. The highest BCUT2D eigenvalue weighted by Gasteiger charge is 2.23. The fourth-order valence-electron chi connectivity index (χ4n) is 2.95. The summed E-state index contributed by atoms with van der Waals surface area (Å²) < 4.78 is 13.0. The Bertz CT molecular complexity index is 435. The van der Waals surface area contributed by atoms with Gasteiger partial charge in [0.25, 0.3) is 0 Å². The molecule has 1 atom stereocenters. The van der Waals surface area contributed by atoms with Gasteiger partial charge in [0.15, 0.2) is 0 Å². The van der Waals surface area contributed by atoms with Crippen LogP contribution in [-0.2, 0) is 4.79 Å². The van der Waals surface area contributed by atoms with Crippen LogP contribution in [0.25, 0.3) is 0 Å². The Balaban J connectivity index is 2.06. The number of benzene rings is 1. The maximum Gasteiger partial charge on any atom is 0.223 e. The first-order valence-electron chi connectivity index (χ1n) is 7.59. The maximum absolute atomic E-state index is 13.0. The van der Waals surface area contributed by atoms with Gasteiger partial charge in [-0.3, -0.25) is 4.79 Å². The van der Waals surface area contributed by atoms with Crippen molar-refractivity contribution < 1.29 is 9.18 Å². The van der Waals surface area contributed by atoms with Gasteiger partial charge in [-0.2, -0.15) is 0 Å². The molecule has 1 aliphatic rings. The minimum absolute atomic E-state index is 0.198. The third kappa shape index (κ3) is 4.06. The van der Waals surface area contributed by atoms with Gasteiger partial charge in [0.05, 0.1) is 0 Å². The fraction of sp³-hybridized carbons (Fsp3) is 0.588. The van der Waals surface area contributed by atoms with E-state index in [9.17, 15) is 9.18 Å². The first-order chi connectivity index (χ1) is 9.56. The molecule has 0 aliphatic carbocycles. The average Bonchev–Trinajstić information content (AvgIpc) is 2.92. The average molecular weight is 277 g/mol. The van der Waals surface area contributed by atoms with Crippen molar-refractivity contribution in [3.63, 3.8) is 0 Å². The molecule has 1 aromatic rings. The lowest BCUT2D eigenvalue weighted by molar-refractivity contribution is -0.130. The molecule has 0 bridgehead atoms. The summed E-state index contributed by atoms with van der Waals surface area (Å²) in [5.74, 6) is 0.750. The molecule has 0 aromatic heterocycles. The molecule has 110 valence electrons. The number of amides is 1. The van der Waals surface area contributed by atoms with E-state index >= 15 is 0 Å². The predicted molar refractivity (Wildman–Crippen MR) is 79.0 cm³/mol. The number of nitrogens with zero attached hydrogens (tertiary/aromatic N) is 1. The van der Waals surface area contributed by atoms with Gasteiger partial charge in [0, 0.05) is 19.5 Å². The topological polar surface area (TPSA) is 20.3 Å². The Morgan fingerprint density at radius 2 is 1.80 bits per heavy atom. The van der Waals surface area contributed by atoms with Crippen LogP contribution in [0.4, 0.5) is 4.39 Å². The van der Waals surface area contributed by atoms with Gasteiger partial charge in [0.1, 0.15) is 5.82 Å². The van der Waals surface area contributed by atoms with E-state index in [0.717, 1.165) is 37.9 Å². The third-order valence-electron chi connectivity index (χ3n) is 3.98. The highest BCUT2D eigenvalue weighted by Crippen LogP contribution is 2.28. The summed E-state index contributed by atoms with van der Waals surface area (Å²) in [5.41, 5.74) is 1.08. The highest BCUT2D eigenvalue weighted by atomic mass is 19.1. The highest BCUT2D eigenvalue weighted by molar-refractivity contribution is 5.77. The van der Waals surface area contributed by atoms with Crippen LogP contribution in [0.5, 0.6) is 0 Å². The van der Waals surface area contributed by atoms with Crippen molar-refractivity contribution in [3.05, 3.63) is 35.6 Å². The van der Waals surface area contributed by atoms with Crippen LogP contribution >= 0.6 is 0 Å². The minimum atomic E-state index is -0.220. The van der Waals surface area contributed by atoms with Crippen LogP contribution < -0.4 is 0 Å². The largest absolute Gasteiger partial charge is 0.343 e. The summed E-state index contributed by atoms with van der Waals surface area (Å²) >= 11 is 0. The van der Waals surface area contributed by atoms with Crippen LogP contribution in [0.15, 0.2) is 24.3 Å². The zero-order chi connectivity index (χ0) is 14.5. The summed E-state index contributed by atoms with van der Waals surface area (Å²) in [6, 6.07) is 6.62. The number of likely N-dealkylation sites (tertiary alicyclic amines) is 1. The molecule has 0 saturated carbocycles. The van der Waals surface area contributed by atoms with Crippen LogP contribution in [0.3, 0.4) is 0 Å². The number of carbonyl (C=O) groups excluding carboxylic acids is 1. The smallest absolute Gasteiger partial charge is 0.223 e. The van der Waals surface area contributed by atoms with E-state index < -0.39 is 0 Å². The molecule has 1 heterocycles. The molecule has 3 heteroatoms. The molecule has 1 saturated heterocycles. The zero-order valence-electron chi connectivity index (χ0n) is 12.4. The standard InChI is InChI=1S/C17H24FNO/c1-13(2)11-15(14-5-7-16(18)8-6-14)12-17(20)19-9-3-4-10-19/h5-8,13,15H,3-4,9-12H2,1-2H3. The first kappa shape index (κ1) is 15.0. The Morgan fingerprint density at radius 1 is 1.20 bits per heavy atom. The number of rotatable bonds is 5. The van der Waals surface area contributed by atoms with Crippen LogP contribution in [0, 0.1) is 11.7 Å². The summed E-state index contributed by atoms with van der Waals surface area (Å²) in [7, 11) is 0. The molecule has 1 aliphatic heterocycles. The molecule has 0 spiro atoms. The van der Waals surface area contributed by atoms with Gasteiger partial charge in [-0.15, -0.1) is 0 Å². The van der Waals surface area contributed by atoms with Crippen LogP contribution in [0.1, 0.15) is 51.0 Å². The minimum Gasteiger partial charge on any atom is -0.343 e. The van der Waals surface area contributed by atoms with Gasteiger partial charge < -0.3 is 4.90 Å². The molecule has 1 unspecified atom stereocenters. The summed E-state index contributed by atoms with van der Waals surface area (Å²) in [5, 5.41) is 0. The van der Waals surface area contributed by atoms with Crippen molar-refractivity contribution in [2.75, 3.05) is 13.1 Å². The Hall–Kier alpha value is -1.38. The SMILES string of the molecule is CC(C)CC(CC(=O)N1CCCC1)c1ccc(F)cc1. The predicted octanol–water partition coefficient (Wildman–Crippen LogP) is 3.97. The van der Waals surface area contributed by atoms with E-state index in [1.807, 2.05) is 17.0 Å². The van der Waals surface area contributed by atoms with Crippen LogP contribution in [-0.4, -0.2) is 23.9 Å². The molecule has 0 radical (unpaired) electrons. The van der Waals surface area contributed by atoms with Crippen molar-refractivity contribution in [3.8, 4) is 0 Å². The van der Waals surface area contributed by atoms with E-state index in [-0.39, 0.29) is 17.6 Å². The van der Waals surface area contributed by atoms with Gasteiger partial charge >= 0.3 is 0 Å². The molecule has 20 heavy (non-hydrogen) atoms. The van der Waals surface area contributed by atoms with E-state index in [1.165, 1.54) is 12.1 Å². The lowest BCUT2D eigenvalue weighted by Crippen LogP contribution is -2.29. The Labute approximate surface area is 121 Å². The number of hydrogen-bond acceptors (Lipinski definition) is 1. The lowest BCUT2D eigenvalue weighted by atomic mass is 9.87. The van der Waals surface area contributed by atoms with E-state index in [0.29, 0.717) is 12.3 Å². The maximum atomic E-state index is 13.0.